The van der Waals surface area contributed by atoms with Gasteiger partial charge in [-0.2, -0.15) is 4.31 Å². The SMILES string of the molecule is COc1cc(C)c(S(=O)(=O)N2CCC(C)CC2)c(C)c1. The summed E-state index contributed by atoms with van der Waals surface area (Å²) in [5.74, 6) is 1.31. The fourth-order valence-corrected chi connectivity index (χ4v) is 4.67. The normalized spacial score (nSPS) is 18.2. The molecule has 1 saturated heterocycles. The summed E-state index contributed by atoms with van der Waals surface area (Å²) >= 11 is 0. The molecule has 0 unspecified atom stereocenters. The minimum atomic E-state index is -3.39. The fourth-order valence-electron chi connectivity index (χ4n) is 2.79. The summed E-state index contributed by atoms with van der Waals surface area (Å²) in [6.45, 7) is 7.07. The van der Waals surface area contributed by atoms with E-state index in [9.17, 15) is 8.42 Å². The first-order valence-corrected chi connectivity index (χ1v) is 8.45. The van der Waals surface area contributed by atoms with Gasteiger partial charge in [0.15, 0.2) is 0 Å². The molecular formula is C15H23NO3S. The summed E-state index contributed by atoms with van der Waals surface area (Å²) in [6, 6.07) is 3.57. The van der Waals surface area contributed by atoms with Crippen molar-refractivity contribution >= 4 is 10.0 Å². The van der Waals surface area contributed by atoms with Gasteiger partial charge in [0.1, 0.15) is 5.75 Å². The first-order valence-electron chi connectivity index (χ1n) is 7.01. The van der Waals surface area contributed by atoms with Gasteiger partial charge in [0.05, 0.1) is 12.0 Å². The Morgan fingerprint density at radius 1 is 1.15 bits per heavy atom. The van der Waals surface area contributed by atoms with Gasteiger partial charge in [0.25, 0.3) is 0 Å². The molecule has 0 bridgehead atoms. The molecule has 1 heterocycles. The Labute approximate surface area is 121 Å². The zero-order valence-electron chi connectivity index (χ0n) is 12.6. The van der Waals surface area contributed by atoms with Crippen LogP contribution < -0.4 is 4.74 Å². The first kappa shape index (κ1) is 15.3. The van der Waals surface area contributed by atoms with E-state index in [4.69, 9.17) is 4.74 Å². The van der Waals surface area contributed by atoms with Gasteiger partial charge in [-0.1, -0.05) is 6.92 Å². The Morgan fingerprint density at radius 3 is 2.10 bits per heavy atom. The molecule has 1 aliphatic heterocycles. The Hall–Kier alpha value is -1.07. The maximum absolute atomic E-state index is 12.8. The van der Waals surface area contributed by atoms with Crippen molar-refractivity contribution in [1.29, 1.82) is 0 Å². The monoisotopic (exact) mass is 297 g/mol. The topological polar surface area (TPSA) is 46.6 Å². The highest BCUT2D eigenvalue weighted by Gasteiger charge is 2.30. The standard InChI is InChI=1S/C15H23NO3S/c1-11-5-7-16(8-6-11)20(17,18)15-12(2)9-14(19-4)10-13(15)3/h9-11H,5-8H2,1-4H3. The summed E-state index contributed by atoms with van der Waals surface area (Å²) in [7, 11) is -1.80. The second-order valence-corrected chi connectivity index (χ2v) is 7.55. The van der Waals surface area contributed by atoms with Crippen LogP contribution in [0.5, 0.6) is 5.75 Å². The molecule has 20 heavy (non-hydrogen) atoms. The molecule has 0 aliphatic carbocycles. The van der Waals surface area contributed by atoms with Crippen LogP contribution in [0.1, 0.15) is 30.9 Å². The van der Waals surface area contributed by atoms with Crippen molar-refractivity contribution in [3.63, 3.8) is 0 Å². The summed E-state index contributed by atoms with van der Waals surface area (Å²) < 4.78 is 32.5. The van der Waals surface area contributed by atoms with Gasteiger partial charge in [-0.05, 0) is 55.9 Å². The van der Waals surface area contributed by atoms with Gasteiger partial charge in [0, 0.05) is 13.1 Å². The molecule has 2 rings (SSSR count). The lowest BCUT2D eigenvalue weighted by Gasteiger charge is -2.30. The van der Waals surface area contributed by atoms with Crippen LogP contribution in [0.3, 0.4) is 0 Å². The van der Waals surface area contributed by atoms with E-state index in [-0.39, 0.29) is 0 Å². The van der Waals surface area contributed by atoms with Crippen molar-refractivity contribution in [3.05, 3.63) is 23.3 Å². The average Bonchev–Trinajstić information content (AvgIpc) is 2.37. The van der Waals surface area contributed by atoms with Crippen molar-refractivity contribution in [2.24, 2.45) is 5.92 Å². The van der Waals surface area contributed by atoms with Crippen molar-refractivity contribution in [1.82, 2.24) is 4.31 Å². The van der Waals surface area contributed by atoms with Gasteiger partial charge in [-0.15, -0.1) is 0 Å². The number of hydrogen-bond acceptors (Lipinski definition) is 3. The summed E-state index contributed by atoms with van der Waals surface area (Å²) in [4.78, 5) is 0.438. The third kappa shape index (κ3) is 2.83. The molecule has 112 valence electrons. The Balaban J connectivity index is 2.39. The molecular weight excluding hydrogens is 274 g/mol. The second-order valence-electron chi connectivity index (χ2n) is 5.68. The Kier molecular flexibility index (Phi) is 4.39. The molecule has 0 saturated carbocycles. The number of aryl methyl sites for hydroxylation is 2. The van der Waals surface area contributed by atoms with Gasteiger partial charge >= 0.3 is 0 Å². The number of rotatable bonds is 3. The second kappa shape index (κ2) is 5.74. The van der Waals surface area contributed by atoms with Crippen LogP contribution in [-0.4, -0.2) is 32.9 Å². The lowest BCUT2D eigenvalue weighted by atomic mass is 10.0. The number of benzene rings is 1. The highest BCUT2D eigenvalue weighted by atomic mass is 32.2. The minimum Gasteiger partial charge on any atom is -0.497 e. The molecule has 0 N–H and O–H groups in total. The molecule has 0 radical (unpaired) electrons. The number of sulfonamides is 1. The van der Waals surface area contributed by atoms with Gasteiger partial charge < -0.3 is 4.74 Å². The molecule has 4 nitrogen and oxygen atoms in total. The Morgan fingerprint density at radius 2 is 1.65 bits per heavy atom. The average molecular weight is 297 g/mol. The van der Waals surface area contributed by atoms with Crippen LogP contribution in [0.25, 0.3) is 0 Å². The molecule has 1 fully saturated rings. The van der Waals surface area contributed by atoms with E-state index >= 15 is 0 Å². The smallest absolute Gasteiger partial charge is 0.243 e. The van der Waals surface area contributed by atoms with Crippen LogP contribution in [-0.2, 0) is 10.0 Å². The number of piperidine rings is 1. The van der Waals surface area contributed by atoms with Crippen molar-refractivity contribution in [3.8, 4) is 5.75 Å². The molecule has 0 spiro atoms. The van der Waals surface area contributed by atoms with Crippen LogP contribution in [0.2, 0.25) is 0 Å². The van der Waals surface area contributed by atoms with Gasteiger partial charge in [0.2, 0.25) is 10.0 Å². The fraction of sp³-hybridized carbons (Fsp3) is 0.600. The van der Waals surface area contributed by atoms with E-state index in [1.165, 1.54) is 0 Å². The van der Waals surface area contributed by atoms with E-state index in [1.807, 2.05) is 13.8 Å². The summed E-state index contributed by atoms with van der Waals surface area (Å²) in [5.41, 5.74) is 1.50. The third-order valence-corrected chi connectivity index (χ3v) is 6.21. The van der Waals surface area contributed by atoms with Crippen LogP contribution >= 0.6 is 0 Å². The molecule has 5 heteroatoms. The molecule has 1 aliphatic rings. The third-order valence-electron chi connectivity index (χ3n) is 4.01. The van der Waals surface area contributed by atoms with Crippen LogP contribution in [0.4, 0.5) is 0 Å². The lowest BCUT2D eigenvalue weighted by molar-refractivity contribution is 0.288. The van der Waals surface area contributed by atoms with Gasteiger partial charge in [-0.3, -0.25) is 0 Å². The maximum atomic E-state index is 12.8. The van der Waals surface area contributed by atoms with Crippen molar-refractivity contribution in [2.45, 2.75) is 38.5 Å². The molecule has 0 aromatic heterocycles. The highest BCUT2D eigenvalue weighted by Crippen LogP contribution is 2.30. The number of ether oxygens (including phenoxy) is 1. The molecule has 1 aromatic carbocycles. The largest absolute Gasteiger partial charge is 0.497 e. The summed E-state index contributed by atoms with van der Waals surface area (Å²) in [5, 5.41) is 0. The zero-order chi connectivity index (χ0) is 14.9. The van der Waals surface area contributed by atoms with Crippen LogP contribution in [0.15, 0.2) is 17.0 Å². The summed E-state index contributed by atoms with van der Waals surface area (Å²) in [6.07, 6.45) is 1.88. The number of hydrogen-bond donors (Lipinski definition) is 0. The number of methoxy groups -OCH3 is 1. The van der Waals surface area contributed by atoms with Crippen molar-refractivity contribution in [2.75, 3.05) is 20.2 Å². The zero-order valence-corrected chi connectivity index (χ0v) is 13.5. The predicted octanol–water partition coefficient (Wildman–Crippen LogP) is 2.73. The number of nitrogens with zero attached hydrogens (tertiary/aromatic N) is 1. The Bertz CT molecular complexity index is 564. The van der Waals surface area contributed by atoms with E-state index < -0.39 is 10.0 Å². The van der Waals surface area contributed by atoms with E-state index in [0.29, 0.717) is 29.7 Å². The minimum absolute atomic E-state index is 0.438. The van der Waals surface area contributed by atoms with E-state index in [1.54, 1.807) is 23.5 Å². The lowest BCUT2D eigenvalue weighted by Crippen LogP contribution is -2.38. The first-order chi connectivity index (χ1) is 9.36. The molecule has 0 atom stereocenters. The highest BCUT2D eigenvalue weighted by molar-refractivity contribution is 7.89. The maximum Gasteiger partial charge on any atom is 0.243 e. The molecule has 1 aromatic rings. The van der Waals surface area contributed by atoms with Gasteiger partial charge in [-0.25, -0.2) is 8.42 Å². The van der Waals surface area contributed by atoms with E-state index in [0.717, 1.165) is 24.0 Å². The van der Waals surface area contributed by atoms with Crippen LogP contribution in [0, 0.1) is 19.8 Å². The molecule has 0 amide bonds. The van der Waals surface area contributed by atoms with Crippen molar-refractivity contribution < 1.29 is 13.2 Å². The predicted molar refractivity (Wildman–Crippen MR) is 79.6 cm³/mol. The quantitative estimate of drug-likeness (QED) is 0.862. The van der Waals surface area contributed by atoms with E-state index in [2.05, 4.69) is 6.92 Å².